The summed E-state index contributed by atoms with van der Waals surface area (Å²) in [6, 6.07) is 0. The highest BCUT2D eigenvalue weighted by Crippen LogP contribution is 2.06. The standard InChI is InChI=1S/C13H21N3O4/c1-4-5-10-14-11(20-15-10)6-7-12(17)16(3)8-9(2)13(18)19/h9H,4-8H2,1-3H3,(H,18,19). The maximum atomic E-state index is 11.9. The molecule has 1 unspecified atom stereocenters. The van der Waals surface area contributed by atoms with Gasteiger partial charge in [0, 0.05) is 32.9 Å². The molecule has 0 aromatic carbocycles. The van der Waals surface area contributed by atoms with Gasteiger partial charge in [-0.25, -0.2) is 0 Å². The van der Waals surface area contributed by atoms with E-state index in [4.69, 9.17) is 9.63 Å². The Kier molecular flexibility index (Phi) is 6.14. The van der Waals surface area contributed by atoms with Gasteiger partial charge in [-0.1, -0.05) is 19.0 Å². The number of aliphatic carboxylic acids is 1. The lowest BCUT2D eigenvalue weighted by atomic mass is 10.1. The summed E-state index contributed by atoms with van der Waals surface area (Å²) in [6.07, 6.45) is 2.30. The van der Waals surface area contributed by atoms with E-state index >= 15 is 0 Å². The van der Waals surface area contributed by atoms with Crippen molar-refractivity contribution in [2.24, 2.45) is 5.92 Å². The number of aryl methyl sites for hydroxylation is 2. The highest BCUT2D eigenvalue weighted by atomic mass is 16.5. The van der Waals surface area contributed by atoms with Crippen LogP contribution in [0.2, 0.25) is 0 Å². The number of amides is 1. The van der Waals surface area contributed by atoms with Gasteiger partial charge in [-0.2, -0.15) is 4.98 Å². The second kappa shape index (κ2) is 7.62. The Morgan fingerprint density at radius 3 is 2.70 bits per heavy atom. The lowest BCUT2D eigenvalue weighted by Gasteiger charge is -2.18. The van der Waals surface area contributed by atoms with Crippen molar-refractivity contribution in [3.8, 4) is 0 Å². The fourth-order valence-corrected chi connectivity index (χ4v) is 1.71. The van der Waals surface area contributed by atoms with E-state index < -0.39 is 11.9 Å². The van der Waals surface area contributed by atoms with E-state index in [9.17, 15) is 9.59 Å². The van der Waals surface area contributed by atoms with Crippen LogP contribution in [0, 0.1) is 5.92 Å². The van der Waals surface area contributed by atoms with Crippen molar-refractivity contribution in [3.05, 3.63) is 11.7 Å². The highest BCUT2D eigenvalue weighted by Gasteiger charge is 2.18. The van der Waals surface area contributed by atoms with Crippen LogP contribution in [-0.4, -0.2) is 45.6 Å². The molecule has 112 valence electrons. The molecule has 0 spiro atoms. The molecule has 0 radical (unpaired) electrons. The first-order chi connectivity index (χ1) is 9.43. The van der Waals surface area contributed by atoms with Crippen molar-refractivity contribution in [3.63, 3.8) is 0 Å². The molecule has 7 nitrogen and oxygen atoms in total. The highest BCUT2D eigenvalue weighted by molar-refractivity contribution is 5.77. The molecule has 1 N–H and O–H groups in total. The van der Waals surface area contributed by atoms with Crippen molar-refractivity contribution in [2.45, 2.75) is 39.5 Å². The summed E-state index contributed by atoms with van der Waals surface area (Å²) < 4.78 is 5.04. The third-order valence-corrected chi connectivity index (χ3v) is 2.93. The molecule has 1 heterocycles. The van der Waals surface area contributed by atoms with Crippen LogP contribution in [0.5, 0.6) is 0 Å². The average molecular weight is 283 g/mol. The maximum Gasteiger partial charge on any atom is 0.308 e. The van der Waals surface area contributed by atoms with E-state index in [-0.39, 0.29) is 18.9 Å². The molecule has 1 rings (SSSR count). The van der Waals surface area contributed by atoms with Crippen LogP contribution >= 0.6 is 0 Å². The second-order valence-corrected chi connectivity index (χ2v) is 4.87. The number of carbonyl (C=O) groups excluding carboxylic acids is 1. The van der Waals surface area contributed by atoms with Crippen molar-refractivity contribution >= 4 is 11.9 Å². The number of aromatic nitrogens is 2. The Balaban J connectivity index is 2.39. The van der Waals surface area contributed by atoms with Crippen molar-refractivity contribution in [1.82, 2.24) is 15.0 Å². The zero-order valence-corrected chi connectivity index (χ0v) is 12.1. The van der Waals surface area contributed by atoms with Crippen LogP contribution in [0.25, 0.3) is 0 Å². The molecule has 0 fully saturated rings. The van der Waals surface area contributed by atoms with Crippen molar-refractivity contribution in [1.29, 1.82) is 0 Å². The molecule has 0 aliphatic carbocycles. The first-order valence-corrected chi connectivity index (χ1v) is 6.72. The maximum absolute atomic E-state index is 11.9. The van der Waals surface area contributed by atoms with Gasteiger partial charge in [0.2, 0.25) is 11.8 Å². The Bertz CT molecular complexity index is 458. The third-order valence-electron chi connectivity index (χ3n) is 2.93. The van der Waals surface area contributed by atoms with E-state index in [0.29, 0.717) is 18.1 Å². The number of carboxylic acids is 1. The van der Waals surface area contributed by atoms with Gasteiger partial charge < -0.3 is 14.5 Å². The molecular weight excluding hydrogens is 262 g/mol. The van der Waals surface area contributed by atoms with Crippen LogP contribution in [-0.2, 0) is 22.4 Å². The van der Waals surface area contributed by atoms with Crippen LogP contribution in [0.3, 0.4) is 0 Å². The predicted octanol–water partition coefficient (Wildman–Crippen LogP) is 1.13. The molecule has 0 aliphatic rings. The van der Waals surface area contributed by atoms with E-state index in [2.05, 4.69) is 10.1 Å². The van der Waals surface area contributed by atoms with Gasteiger partial charge in [-0.05, 0) is 6.42 Å². The lowest BCUT2D eigenvalue weighted by Crippen LogP contribution is -2.33. The molecule has 0 saturated carbocycles. The van der Waals surface area contributed by atoms with E-state index in [0.717, 1.165) is 12.8 Å². The fourth-order valence-electron chi connectivity index (χ4n) is 1.71. The zero-order chi connectivity index (χ0) is 15.1. The fraction of sp³-hybridized carbons (Fsp3) is 0.692. The summed E-state index contributed by atoms with van der Waals surface area (Å²) in [7, 11) is 1.60. The minimum absolute atomic E-state index is 0.131. The van der Waals surface area contributed by atoms with Gasteiger partial charge in [0.1, 0.15) is 0 Å². The monoisotopic (exact) mass is 283 g/mol. The Hall–Kier alpha value is -1.92. The molecule has 1 aromatic rings. The molecule has 0 saturated heterocycles. The minimum atomic E-state index is -0.911. The normalized spacial score (nSPS) is 12.2. The summed E-state index contributed by atoms with van der Waals surface area (Å²) in [4.78, 5) is 28.2. The first kappa shape index (κ1) is 16.1. The number of hydrogen-bond donors (Lipinski definition) is 1. The summed E-state index contributed by atoms with van der Waals surface area (Å²) >= 11 is 0. The molecule has 1 atom stereocenters. The van der Waals surface area contributed by atoms with E-state index in [1.54, 1.807) is 14.0 Å². The number of rotatable bonds is 8. The lowest BCUT2D eigenvalue weighted by molar-refractivity contribution is -0.142. The van der Waals surface area contributed by atoms with Crippen molar-refractivity contribution < 1.29 is 19.2 Å². The SMILES string of the molecule is CCCc1noc(CCC(=O)N(C)CC(C)C(=O)O)n1. The molecule has 0 aliphatic heterocycles. The molecule has 20 heavy (non-hydrogen) atoms. The average Bonchev–Trinajstić information content (AvgIpc) is 2.83. The number of carbonyl (C=O) groups is 2. The topological polar surface area (TPSA) is 96.5 Å². The van der Waals surface area contributed by atoms with Crippen LogP contribution in [0.1, 0.15) is 38.4 Å². The molecule has 1 amide bonds. The van der Waals surface area contributed by atoms with E-state index in [1.807, 2.05) is 6.92 Å². The summed E-state index contributed by atoms with van der Waals surface area (Å²) in [5.41, 5.74) is 0. The van der Waals surface area contributed by atoms with Gasteiger partial charge in [-0.15, -0.1) is 0 Å². The molecule has 1 aromatic heterocycles. The Morgan fingerprint density at radius 2 is 2.10 bits per heavy atom. The number of hydrogen-bond acceptors (Lipinski definition) is 5. The van der Waals surface area contributed by atoms with E-state index in [1.165, 1.54) is 4.90 Å². The minimum Gasteiger partial charge on any atom is -0.481 e. The van der Waals surface area contributed by atoms with Gasteiger partial charge in [0.05, 0.1) is 5.92 Å². The van der Waals surface area contributed by atoms with Crippen LogP contribution < -0.4 is 0 Å². The predicted molar refractivity (Wildman–Crippen MR) is 71.1 cm³/mol. The van der Waals surface area contributed by atoms with Gasteiger partial charge in [-0.3, -0.25) is 9.59 Å². The summed E-state index contributed by atoms with van der Waals surface area (Å²) in [5, 5.41) is 12.6. The molecular formula is C13H21N3O4. The van der Waals surface area contributed by atoms with Gasteiger partial charge in [0.25, 0.3) is 0 Å². The quantitative estimate of drug-likeness (QED) is 0.768. The third kappa shape index (κ3) is 4.99. The van der Waals surface area contributed by atoms with Crippen LogP contribution in [0.15, 0.2) is 4.52 Å². The largest absolute Gasteiger partial charge is 0.481 e. The Labute approximate surface area is 118 Å². The number of nitrogens with zero attached hydrogens (tertiary/aromatic N) is 3. The molecule has 7 heteroatoms. The van der Waals surface area contributed by atoms with Gasteiger partial charge in [0.15, 0.2) is 5.82 Å². The zero-order valence-electron chi connectivity index (χ0n) is 12.1. The van der Waals surface area contributed by atoms with Crippen molar-refractivity contribution in [2.75, 3.05) is 13.6 Å². The summed E-state index contributed by atoms with van der Waals surface area (Å²) in [6.45, 7) is 3.79. The smallest absolute Gasteiger partial charge is 0.308 e. The first-order valence-electron chi connectivity index (χ1n) is 6.72. The van der Waals surface area contributed by atoms with Crippen LogP contribution in [0.4, 0.5) is 0 Å². The Morgan fingerprint density at radius 1 is 1.40 bits per heavy atom. The summed E-state index contributed by atoms with van der Waals surface area (Å²) in [5.74, 6) is -0.521. The second-order valence-electron chi connectivity index (χ2n) is 4.87. The van der Waals surface area contributed by atoms with Gasteiger partial charge >= 0.3 is 5.97 Å². The molecule has 0 bridgehead atoms. The number of carboxylic acid groups (broad SMARTS) is 1.